The normalized spacial score (nSPS) is 11.4. The number of aromatic nitrogens is 2. The maximum atomic E-state index is 12.5. The molecule has 4 rings (SSSR count). The zero-order valence-corrected chi connectivity index (χ0v) is 16.8. The first kappa shape index (κ1) is 18.8. The molecule has 3 heterocycles. The van der Waals surface area contributed by atoms with Gasteiger partial charge in [-0.2, -0.15) is 4.57 Å². The number of rotatable bonds is 7. The summed E-state index contributed by atoms with van der Waals surface area (Å²) in [6.07, 6.45) is 9.94. The molecule has 0 radical (unpaired) electrons. The average molecular weight is 413 g/mol. The van der Waals surface area contributed by atoms with Crippen LogP contribution in [0.25, 0.3) is 27.3 Å². The van der Waals surface area contributed by atoms with E-state index >= 15 is 0 Å². The molecular formula is C22H25BrN2O. The van der Waals surface area contributed by atoms with Gasteiger partial charge in [-0.05, 0) is 12.5 Å². The third-order valence-electron chi connectivity index (χ3n) is 5.24. The number of halogens is 1. The van der Waals surface area contributed by atoms with Crippen molar-refractivity contribution in [3.8, 4) is 0 Å². The first-order valence-corrected chi connectivity index (χ1v) is 9.49. The standard InChI is InChI=1S/C22H25N2O.BrH/c1-2-3-4-5-6-9-15-23-16-14-18-17-10-7-8-11-19(17)24-21(25)13-12-20(23)22(18)24;/h7-8,10-14,16H,2-6,9,15H2,1H3;1H/q+1;/p-1. The summed E-state index contributed by atoms with van der Waals surface area (Å²) in [6.45, 7) is 3.26. The van der Waals surface area contributed by atoms with Crippen molar-refractivity contribution in [2.24, 2.45) is 0 Å². The minimum absolute atomic E-state index is 0. The Morgan fingerprint density at radius 1 is 0.885 bits per heavy atom. The summed E-state index contributed by atoms with van der Waals surface area (Å²) in [5.41, 5.74) is 3.27. The van der Waals surface area contributed by atoms with E-state index in [1.165, 1.54) is 43.9 Å². The predicted molar refractivity (Wildman–Crippen MR) is 103 cm³/mol. The molecule has 0 atom stereocenters. The van der Waals surface area contributed by atoms with Crippen LogP contribution in [0.5, 0.6) is 0 Å². The second kappa shape index (κ2) is 8.17. The number of unbranched alkanes of at least 4 members (excludes halogenated alkanes) is 5. The van der Waals surface area contributed by atoms with E-state index < -0.39 is 0 Å². The van der Waals surface area contributed by atoms with Crippen molar-refractivity contribution in [2.75, 3.05) is 0 Å². The highest BCUT2D eigenvalue weighted by Crippen LogP contribution is 2.28. The Kier molecular flexibility index (Phi) is 5.92. The van der Waals surface area contributed by atoms with E-state index in [4.69, 9.17) is 0 Å². The second-order valence-corrected chi connectivity index (χ2v) is 6.95. The van der Waals surface area contributed by atoms with Gasteiger partial charge in [0.05, 0.1) is 5.52 Å². The average Bonchev–Trinajstić information content (AvgIpc) is 2.98. The molecule has 0 aliphatic carbocycles. The molecule has 0 aliphatic rings. The molecule has 0 saturated carbocycles. The lowest BCUT2D eigenvalue weighted by molar-refractivity contribution is -0.671. The fraction of sp³-hybridized carbons (Fsp3) is 0.364. The molecule has 0 amide bonds. The van der Waals surface area contributed by atoms with Crippen LogP contribution in [0.1, 0.15) is 45.4 Å². The van der Waals surface area contributed by atoms with Crippen LogP contribution in [0.15, 0.2) is 53.5 Å². The third-order valence-corrected chi connectivity index (χ3v) is 5.24. The van der Waals surface area contributed by atoms with Gasteiger partial charge in [0.15, 0.2) is 6.20 Å². The van der Waals surface area contributed by atoms with Gasteiger partial charge in [-0.3, -0.25) is 9.20 Å². The van der Waals surface area contributed by atoms with E-state index in [1.54, 1.807) is 6.07 Å². The number of aryl methyl sites for hydroxylation is 1. The van der Waals surface area contributed by atoms with Crippen molar-refractivity contribution in [3.63, 3.8) is 0 Å². The minimum Gasteiger partial charge on any atom is -1.00 e. The van der Waals surface area contributed by atoms with Crippen LogP contribution in [0.2, 0.25) is 0 Å². The van der Waals surface area contributed by atoms with Crippen LogP contribution >= 0.6 is 0 Å². The molecule has 0 fully saturated rings. The molecule has 4 heteroatoms. The first-order valence-electron chi connectivity index (χ1n) is 9.49. The molecule has 0 saturated heterocycles. The number of benzene rings is 1. The van der Waals surface area contributed by atoms with Gasteiger partial charge < -0.3 is 17.0 Å². The van der Waals surface area contributed by atoms with E-state index in [2.05, 4.69) is 29.8 Å². The quantitative estimate of drug-likeness (QED) is 0.335. The summed E-state index contributed by atoms with van der Waals surface area (Å²) in [7, 11) is 0. The number of nitrogens with zero attached hydrogens (tertiary/aromatic N) is 2. The fourth-order valence-electron chi connectivity index (χ4n) is 3.95. The third kappa shape index (κ3) is 3.23. The van der Waals surface area contributed by atoms with Crippen LogP contribution in [0.4, 0.5) is 0 Å². The van der Waals surface area contributed by atoms with E-state index in [-0.39, 0.29) is 22.5 Å². The van der Waals surface area contributed by atoms with E-state index in [9.17, 15) is 4.79 Å². The molecule has 0 N–H and O–H groups in total. The maximum Gasteiger partial charge on any atom is 0.256 e. The molecule has 1 aromatic carbocycles. The summed E-state index contributed by atoms with van der Waals surface area (Å²) in [5.74, 6) is 0. The van der Waals surface area contributed by atoms with Crippen LogP contribution < -0.4 is 27.1 Å². The summed E-state index contributed by atoms with van der Waals surface area (Å²) in [5, 5.41) is 2.32. The highest BCUT2D eigenvalue weighted by molar-refractivity contribution is 6.11. The largest absolute Gasteiger partial charge is 1.00 e. The lowest BCUT2D eigenvalue weighted by Gasteiger charge is -2.03. The lowest BCUT2D eigenvalue weighted by Crippen LogP contribution is -3.00. The van der Waals surface area contributed by atoms with Crippen LogP contribution in [-0.2, 0) is 6.54 Å². The van der Waals surface area contributed by atoms with Gasteiger partial charge in [-0.15, -0.1) is 0 Å². The predicted octanol–water partition coefficient (Wildman–Crippen LogP) is 1.70. The number of pyridine rings is 2. The molecule has 4 aromatic rings. The molecule has 3 nitrogen and oxygen atoms in total. The Labute approximate surface area is 164 Å². The Morgan fingerprint density at radius 3 is 2.50 bits per heavy atom. The monoisotopic (exact) mass is 412 g/mol. The van der Waals surface area contributed by atoms with Crippen LogP contribution in [-0.4, -0.2) is 4.40 Å². The minimum atomic E-state index is 0. The Hall–Kier alpha value is -1.94. The molecule has 0 aliphatic heterocycles. The van der Waals surface area contributed by atoms with E-state index in [0.717, 1.165) is 28.5 Å². The van der Waals surface area contributed by atoms with Gasteiger partial charge in [-0.25, -0.2) is 0 Å². The molecule has 136 valence electrons. The number of hydrogen-bond donors (Lipinski definition) is 0. The smallest absolute Gasteiger partial charge is 0.256 e. The van der Waals surface area contributed by atoms with Gasteiger partial charge >= 0.3 is 0 Å². The summed E-state index contributed by atoms with van der Waals surface area (Å²) < 4.78 is 4.18. The van der Waals surface area contributed by atoms with Crippen molar-refractivity contribution in [2.45, 2.75) is 52.0 Å². The van der Waals surface area contributed by atoms with E-state index in [0.29, 0.717) is 0 Å². The zero-order valence-electron chi connectivity index (χ0n) is 15.2. The second-order valence-electron chi connectivity index (χ2n) is 6.95. The van der Waals surface area contributed by atoms with Gasteiger partial charge in [0, 0.05) is 35.4 Å². The molecular weight excluding hydrogens is 388 g/mol. The Bertz CT molecular complexity index is 1070. The Morgan fingerprint density at radius 2 is 1.65 bits per heavy atom. The van der Waals surface area contributed by atoms with Crippen molar-refractivity contribution in [3.05, 3.63) is 59.0 Å². The summed E-state index contributed by atoms with van der Waals surface area (Å²) in [4.78, 5) is 12.5. The van der Waals surface area contributed by atoms with Gasteiger partial charge in [0.25, 0.3) is 5.56 Å². The van der Waals surface area contributed by atoms with E-state index in [1.807, 2.05) is 28.7 Å². The van der Waals surface area contributed by atoms with Crippen molar-refractivity contribution >= 4 is 27.3 Å². The molecule has 3 aromatic heterocycles. The molecule has 0 unspecified atom stereocenters. The van der Waals surface area contributed by atoms with Gasteiger partial charge in [0.1, 0.15) is 12.1 Å². The van der Waals surface area contributed by atoms with Gasteiger partial charge in [0.2, 0.25) is 5.52 Å². The van der Waals surface area contributed by atoms with Crippen LogP contribution in [0, 0.1) is 0 Å². The molecule has 26 heavy (non-hydrogen) atoms. The number of hydrogen-bond acceptors (Lipinski definition) is 1. The fourth-order valence-corrected chi connectivity index (χ4v) is 3.95. The van der Waals surface area contributed by atoms with Crippen molar-refractivity contribution in [1.82, 2.24) is 4.40 Å². The number of para-hydroxylation sites is 1. The molecule has 0 spiro atoms. The SMILES string of the molecule is CCCCCCCC[n+]1ccc2c3ccccc3n3c(=O)ccc1c23.[Br-]. The molecule has 0 bridgehead atoms. The van der Waals surface area contributed by atoms with Crippen molar-refractivity contribution in [1.29, 1.82) is 0 Å². The highest BCUT2D eigenvalue weighted by Gasteiger charge is 2.19. The summed E-state index contributed by atoms with van der Waals surface area (Å²) >= 11 is 0. The van der Waals surface area contributed by atoms with Crippen molar-refractivity contribution < 1.29 is 21.5 Å². The summed E-state index contributed by atoms with van der Waals surface area (Å²) in [6, 6.07) is 14.0. The highest BCUT2D eigenvalue weighted by atomic mass is 79.9. The topological polar surface area (TPSA) is 25.4 Å². The Balaban J connectivity index is 0.00000196. The van der Waals surface area contributed by atoms with Gasteiger partial charge in [-0.1, -0.05) is 50.8 Å². The first-order chi connectivity index (χ1) is 12.3. The maximum absolute atomic E-state index is 12.5. The van der Waals surface area contributed by atoms with Crippen LogP contribution in [0.3, 0.4) is 0 Å². The lowest BCUT2D eigenvalue weighted by atomic mass is 10.1. The zero-order chi connectivity index (χ0) is 17.2. The number of fused-ring (bicyclic) bond motifs is 3.